The van der Waals surface area contributed by atoms with E-state index in [2.05, 4.69) is 15.4 Å². The number of morpholine rings is 2. The third kappa shape index (κ3) is 4.31. The van der Waals surface area contributed by atoms with Crippen LogP contribution in [0, 0.1) is 13.8 Å². The van der Waals surface area contributed by atoms with Crippen LogP contribution in [0.25, 0.3) is 0 Å². The van der Waals surface area contributed by atoms with E-state index in [0.29, 0.717) is 46.1 Å². The van der Waals surface area contributed by atoms with Gasteiger partial charge in [-0.25, -0.2) is 8.42 Å². The zero-order valence-electron chi connectivity index (χ0n) is 17.4. The van der Waals surface area contributed by atoms with Crippen LogP contribution in [0.1, 0.15) is 17.0 Å². The first kappa shape index (κ1) is 21.1. The summed E-state index contributed by atoms with van der Waals surface area (Å²) in [6, 6.07) is 5.30. The van der Waals surface area contributed by atoms with E-state index in [1.54, 1.807) is 12.1 Å². The molecule has 0 radical (unpaired) electrons. The lowest BCUT2D eigenvalue weighted by Gasteiger charge is -2.31. The first-order valence-electron chi connectivity index (χ1n) is 10.2. The molecule has 0 saturated carbocycles. The highest BCUT2D eigenvalue weighted by Crippen LogP contribution is 2.32. The second-order valence-electron chi connectivity index (χ2n) is 7.45. The van der Waals surface area contributed by atoms with Crippen LogP contribution < -0.4 is 10.2 Å². The SMILES string of the molecule is Cc1noc(C)c1CNc1cc(S(=O)(=O)N2CCOCC2)ccc1N1CCOCC1. The molecule has 2 aliphatic heterocycles. The average Bonchev–Trinajstić information content (AvgIpc) is 3.10. The van der Waals surface area contributed by atoms with Gasteiger partial charge in [0.1, 0.15) is 5.76 Å². The van der Waals surface area contributed by atoms with Crippen LogP contribution in [0.2, 0.25) is 0 Å². The van der Waals surface area contributed by atoms with Crippen LogP contribution in [0.3, 0.4) is 0 Å². The van der Waals surface area contributed by atoms with Gasteiger partial charge in [0.25, 0.3) is 0 Å². The van der Waals surface area contributed by atoms with Gasteiger partial charge in [-0.2, -0.15) is 4.31 Å². The Morgan fingerprint density at radius 1 is 1.03 bits per heavy atom. The molecule has 0 bridgehead atoms. The third-order valence-electron chi connectivity index (χ3n) is 5.56. The summed E-state index contributed by atoms with van der Waals surface area (Å²) in [4.78, 5) is 2.49. The summed E-state index contributed by atoms with van der Waals surface area (Å²) < 4.78 is 43.8. The zero-order valence-corrected chi connectivity index (χ0v) is 18.2. The maximum Gasteiger partial charge on any atom is 0.243 e. The Morgan fingerprint density at radius 3 is 2.33 bits per heavy atom. The molecule has 10 heteroatoms. The van der Waals surface area contributed by atoms with E-state index >= 15 is 0 Å². The Kier molecular flexibility index (Phi) is 6.28. The lowest BCUT2D eigenvalue weighted by atomic mass is 10.2. The number of rotatable bonds is 6. The fraction of sp³-hybridized carbons (Fsp3) is 0.550. The molecule has 1 aromatic carbocycles. The molecule has 2 aliphatic rings. The summed E-state index contributed by atoms with van der Waals surface area (Å²) in [5.41, 5.74) is 3.53. The van der Waals surface area contributed by atoms with Crippen LogP contribution >= 0.6 is 0 Å². The first-order chi connectivity index (χ1) is 14.5. The normalized spacial score (nSPS) is 18.5. The Bertz CT molecular complexity index is 960. The van der Waals surface area contributed by atoms with Crippen molar-refractivity contribution in [2.45, 2.75) is 25.3 Å². The number of anilines is 2. The first-order valence-corrected chi connectivity index (χ1v) is 11.6. The monoisotopic (exact) mass is 436 g/mol. The van der Waals surface area contributed by atoms with Crippen LogP contribution in [-0.4, -0.2) is 70.5 Å². The Balaban J connectivity index is 1.65. The smallest absolute Gasteiger partial charge is 0.243 e. The highest BCUT2D eigenvalue weighted by Gasteiger charge is 2.28. The predicted octanol–water partition coefficient (Wildman–Crippen LogP) is 1.76. The molecule has 0 atom stereocenters. The molecule has 0 spiro atoms. The minimum absolute atomic E-state index is 0.280. The summed E-state index contributed by atoms with van der Waals surface area (Å²) >= 11 is 0. The molecule has 3 heterocycles. The molecule has 9 nitrogen and oxygen atoms in total. The van der Waals surface area contributed by atoms with E-state index in [4.69, 9.17) is 14.0 Å². The quantitative estimate of drug-likeness (QED) is 0.732. The molecule has 2 aromatic rings. The highest BCUT2D eigenvalue weighted by molar-refractivity contribution is 7.89. The topological polar surface area (TPSA) is 97.1 Å². The van der Waals surface area contributed by atoms with Crippen molar-refractivity contribution in [3.63, 3.8) is 0 Å². The van der Waals surface area contributed by atoms with Crippen LogP contribution in [0.15, 0.2) is 27.6 Å². The molecular formula is C20H28N4O5S. The fourth-order valence-electron chi connectivity index (χ4n) is 3.77. The Hall–Kier alpha value is -2.14. The van der Waals surface area contributed by atoms with Gasteiger partial charge in [0.05, 0.1) is 48.4 Å². The van der Waals surface area contributed by atoms with Crippen LogP contribution in [-0.2, 0) is 26.0 Å². The summed E-state index contributed by atoms with van der Waals surface area (Å²) in [6.45, 7) is 8.67. The summed E-state index contributed by atoms with van der Waals surface area (Å²) in [5, 5.41) is 7.42. The number of benzene rings is 1. The molecule has 0 unspecified atom stereocenters. The van der Waals surface area contributed by atoms with Crippen LogP contribution in [0.4, 0.5) is 11.4 Å². The zero-order chi connectivity index (χ0) is 21.1. The molecule has 0 amide bonds. The van der Waals surface area contributed by atoms with Crippen LogP contribution in [0.5, 0.6) is 0 Å². The van der Waals surface area contributed by atoms with E-state index in [0.717, 1.165) is 41.5 Å². The van der Waals surface area contributed by atoms with E-state index in [-0.39, 0.29) is 4.90 Å². The lowest BCUT2D eigenvalue weighted by molar-refractivity contribution is 0.0730. The Morgan fingerprint density at radius 2 is 1.70 bits per heavy atom. The summed E-state index contributed by atoms with van der Waals surface area (Å²) in [5.74, 6) is 0.755. The van der Waals surface area contributed by atoms with Crippen molar-refractivity contribution in [2.24, 2.45) is 0 Å². The van der Waals surface area contributed by atoms with Gasteiger partial charge in [-0.15, -0.1) is 0 Å². The van der Waals surface area contributed by atoms with Crippen molar-refractivity contribution >= 4 is 21.4 Å². The molecular weight excluding hydrogens is 408 g/mol. The summed E-state index contributed by atoms with van der Waals surface area (Å²) in [7, 11) is -3.58. The number of nitrogens with zero attached hydrogens (tertiary/aromatic N) is 3. The largest absolute Gasteiger partial charge is 0.379 e. The lowest BCUT2D eigenvalue weighted by Crippen LogP contribution is -2.40. The van der Waals surface area contributed by atoms with Gasteiger partial charge in [-0.1, -0.05) is 5.16 Å². The highest BCUT2D eigenvalue weighted by atomic mass is 32.2. The van der Waals surface area contributed by atoms with Crippen molar-refractivity contribution in [2.75, 3.05) is 62.8 Å². The van der Waals surface area contributed by atoms with Crippen molar-refractivity contribution < 1.29 is 22.4 Å². The second kappa shape index (κ2) is 8.93. The molecule has 2 saturated heterocycles. The van der Waals surface area contributed by atoms with E-state index in [9.17, 15) is 8.42 Å². The van der Waals surface area contributed by atoms with Crippen molar-refractivity contribution in [1.82, 2.24) is 9.46 Å². The van der Waals surface area contributed by atoms with E-state index in [1.807, 2.05) is 19.9 Å². The maximum absolute atomic E-state index is 13.2. The number of ether oxygens (including phenoxy) is 2. The Labute approximate surface area is 177 Å². The predicted molar refractivity (Wildman–Crippen MR) is 112 cm³/mol. The fourth-order valence-corrected chi connectivity index (χ4v) is 5.21. The van der Waals surface area contributed by atoms with Gasteiger partial charge in [0.2, 0.25) is 10.0 Å². The van der Waals surface area contributed by atoms with Gasteiger partial charge in [-0.3, -0.25) is 0 Å². The van der Waals surface area contributed by atoms with Gasteiger partial charge in [0.15, 0.2) is 0 Å². The van der Waals surface area contributed by atoms with Gasteiger partial charge in [0, 0.05) is 38.3 Å². The molecule has 1 aromatic heterocycles. The second-order valence-corrected chi connectivity index (χ2v) is 9.39. The van der Waals surface area contributed by atoms with E-state index < -0.39 is 10.0 Å². The molecule has 0 aliphatic carbocycles. The van der Waals surface area contributed by atoms with Gasteiger partial charge >= 0.3 is 0 Å². The molecule has 4 rings (SSSR count). The number of nitrogens with one attached hydrogen (secondary N) is 1. The van der Waals surface area contributed by atoms with Gasteiger partial charge in [-0.05, 0) is 32.0 Å². The van der Waals surface area contributed by atoms with Gasteiger partial charge < -0.3 is 24.2 Å². The van der Waals surface area contributed by atoms with Crippen molar-refractivity contribution in [1.29, 1.82) is 0 Å². The maximum atomic E-state index is 13.2. The number of hydrogen-bond acceptors (Lipinski definition) is 8. The van der Waals surface area contributed by atoms with Crippen molar-refractivity contribution in [3.8, 4) is 0 Å². The number of sulfonamides is 1. The molecule has 30 heavy (non-hydrogen) atoms. The minimum atomic E-state index is -3.58. The number of aryl methyl sites for hydroxylation is 2. The van der Waals surface area contributed by atoms with Crippen molar-refractivity contribution in [3.05, 3.63) is 35.2 Å². The number of aromatic nitrogens is 1. The number of hydrogen-bond donors (Lipinski definition) is 1. The minimum Gasteiger partial charge on any atom is -0.379 e. The summed E-state index contributed by atoms with van der Waals surface area (Å²) in [6.07, 6.45) is 0. The molecule has 2 fully saturated rings. The molecule has 1 N–H and O–H groups in total. The third-order valence-corrected chi connectivity index (χ3v) is 7.46. The standard InChI is InChI=1S/C20H28N4O5S/c1-15-18(16(2)29-22-15)14-21-19-13-17(30(25,26)24-7-11-28-12-8-24)3-4-20(19)23-5-9-27-10-6-23/h3-4,13,21H,5-12,14H2,1-2H3. The molecule has 164 valence electrons. The van der Waals surface area contributed by atoms with E-state index in [1.165, 1.54) is 4.31 Å². The average molecular weight is 437 g/mol.